The van der Waals surface area contributed by atoms with E-state index in [9.17, 15) is 9.90 Å². The molecule has 3 N–H and O–H groups in total. The number of aliphatic hydroxyl groups is 1. The third-order valence-electron chi connectivity index (χ3n) is 4.13. The molecule has 0 spiro atoms. The quantitative estimate of drug-likeness (QED) is 0.779. The molecule has 0 radical (unpaired) electrons. The highest BCUT2D eigenvalue weighted by molar-refractivity contribution is 6.02. The van der Waals surface area contributed by atoms with E-state index in [0.29, 0.717) is 12.5 Å². The molecule has 0 saturated heterocycles. The number of para-hydroxylation sites is 1. The smallest absolute Gasteiger partial charge is 0.255 e. The first kappa shape index (κ1) is 13.2. The molecule has 108 valence electrons. The highest BCUT2D eigenvalue weighted by Crippen LogP contribution is 2.31. The molecule has 1 fully saturated rings. The summed E-state index contributed by atoms with van der Waals surface area (Å²) in [4.78, 5) is 14.3. The van der Waals surface area contributed by atoms with E-state index >= 15 is 0 Å². The molecule has 20 heavy (non-hydrogen) atoms. The zero-order valence-corrected chi connectivity index (χ0v) is 11.7. The van der Waals surface area contributed by atoms with Crippen molar-refractivity contribution >= 4 is 17.3 Å². The van der Waals surface area contributed by atoms with Crippen molar-refractivity contribution in [3.8, 4) is 0 Å². The maximum atomic E-state index is 12.6. The van der Waals surface area contributed by atoms with Gasteiger partial charge in [0.05, 0.1) is 23.0 Å². The van der Waals surface area contributed by atoms with Crippen LogP contribution in [0, 0.1) is 5.92 Å². The summed E-state index contributed by atoms with van der Waals surface area (Å²) in [6, 6.07) is 5.76. The van der Waals surface area contributed by atoms with Crippen molar-refractivity contribution in [2.24, 2.45) is 5.92 Å². The molecule has 0 bridgehead atoms. The number of fused-ring (bicyclic) bond motifs is 1. The lowest BCUT2D eigenvalue weighted by Crippen LogP contribution is -2.39. The van der Waals surface area contributed by atoms with E-state index in [-0.39, 0.29) is 12.0 Å². The Bertz CT molecular complexity index is 512. The van der Waals surface area contributed by atoms with Gasteiger partial charge in [0.25, 0.3) is 5.91 Å². The van der Waals surface area contributed by atoms with Crippen molar-refractivity contribution < 1.29 is 9.90 Å². The van der Waals surface area contributed by atoms with Crippen LogP contribution in [0.5, 0.6) is 0 Å². The summed E-state index contributed by atoms with van der Waals surface area (Å²) in [5, 5.41) is 15.9. The Balaban J connectivity index is 1.73. The van der Waals surface area contributed by atoms with Crippen LogP contribution >= 0.6 is 0 Å². The van der Waals surface area contributed by atoms with Crippen molar-refractivity contribution in [2.75, 3.05) is 37.3 Å². The normalized spacial score (nSPS) is 23.9. The molecule has 2 aliphatic rings. The first-order valence-corrected chi connectivity index (χ1v) is 7.19. The minimum absolute atomic E-state index is 0.0411. The van der Waals surface area contributed by atoms with Crippen molar-refractivity contribution in [3.63, 3.8) is 0 Å². The van der Waals surface area contributed by atoms with Crippen molar-refractivity contribution in [2.45, 2.75) is 18.9 Å². The molecule has 0 unspecified atom stereocenters. The molecular formula is C15H21N3O2. The SMILES string of the molecule is CN(CC1CC(O)C1)C(=O)c1cccc2c1NCCN2. The van der Waals surface area contributed by atoms with Gasteiger partial charge in [0.1, 0.15) is 0 Å². The fourth-order valence-corrected chi connectivity index (χ4v) is 2.98. The van der Waals surface area contributed by atoms with Gasteiger partial charge in [-0.15, -0.1) is 0 Å². The number of aliphatic hydroxyl groups excluding tert-OH is 1. The number of carbonyl (C=O) groups is 1. The first-order chi connectivity index (χ1) is 9.65. The summed E-state index contributed by atoms with van der Waals surface area (Å²) < 4.78 is 0. The number of amides is 1. The summed E-state index contributed by atoms with van der Waals surface area (Å²) in [7, 11) is 1.84. The van der Waals surface area contributed by atoms with Crippen molar-refractivity contribution in [3.05, 3.63) is 23.8 Å². The minimum atomic E-state index is -0.168. The van der Waals surface area contributed by atoms with Gasteiger partial charge in [-0.05, 0) is 30.9 Å². The zero-order chi connectivity index (χ0) is 14.1. The fraction of sp³-hybridized carbons (Fsp3) is 0.533. The predicted molar refractivity (Wildman–Crippen MR) is 79.1 cm³/mol. The fourth-order valence-electron chi connectivity index (χ4n) is 2.98. The number of hydrogen-bond donors (Lipinski definition) is 3. The third kappa shape index (κ3) is 2.45. The summed E-state index contributed by atoms with van der Waals surface area (Å²) in [5.41, 5.74) is 2.62. The number of anilines is 2. The van der Waals surface area contributed by atoms with Gasteiger partial charge in [-0.1, -0.05) is 6.07 Å². The lowest BCUT2D eigenvalue weighted by Gasteiger charge is -2.34. The number of nitrogens with one attached hydrogen (secondary N) is 2. The third-order valence-corrected chi connectivity index (χ3v) is 4.13. The van der Waals surface area contributed by atoms with E-state index in [1.165, 1.54) is 0 Å². The van der Waals surface area contributed by atoms with Crippen LogP contribution in [0.3, 0.4) is 0 Å². The lowest BCUT2D eigenvalue weighted by molar-refractivity contribution is 0.0265. The zero-order valence-electron chi connectivity index (χ0n) is 11.7. The minimum Gasteiger partial charge on any atom is -0.393 e. The number of rotatable bonds is 3. The maximum absolute atomic E-state index is 12.6. The van der Waals surface area contributed by atoms with E-state index in [1.54, 1.807) is 4.90 Å². The van der Waals surface area contributed by atoms with Crippen molar-refractivity contribution in [1.29, 1.82) is 0 Å². The summed E-state index contributed by atoms with van der Waals surface area (Å²) in [6.07, 6.45) is 1.45. The topological polar surface area (TPSA) is 64.6 Å². The second-order valence-electron chi connectivity index (χ2n) is 5.76. The molecule has 1 saturated carbocycles. The van der Waals surface area contributed by atoms with Crippen LogP contribution in [-0.4, -0.2) is 48.7 Å². The van der Waals surface area contributed by atoms with E-state index in [4.69, 9.17) is 0 Å². The Morgan fingerprint density at radius 2 is 2.10 bits per heavy atom. The standard InChI is InChI=1S/C15H21N3O2/c1-18(9-10-7-11(19)8-10)15(20)12-3-2-4-13-14(12)17-6-5-16-13/h2-4,10-11,16-17,19H,5-9H2,1H3. The van der Waals surface area contributed by atoms with Crippen LogP contribution in [0.2, 0.25) is 0 Å². The Hall–Kier alpha value is -1.75. The lowest BCUT2D eigenvalue weighted by atomic mass is 9.82. The average molecular weight is 275 g/mol. The molecule has 0 aromatic heterocycles. The van der Waals surface area contributed by atoms with E-state index in [0.717, 1.165) is 42.9 Å². The Morgan fingerprint density at radius 3 is 2.85 bits per heavy atom. The number of benzene rings is 1. The molecular weight excluding hydrogens is 254 g/mol. The van der Waals surface area contributed by atoms with E-state index in [2.05, 4.69) is 10.6 Å². The average Bonchev–Trinajstić information content (AvgIpc) is 2.44. The summed E-state index contributed by atoms with van der Waals surface area (Å²) in [5.74, 6) is 0.476. The van der Waals surface area contributed by atoms with E-state index in [1.807, 2.05) is 25.2 Å². The Labute approximate surface area is 119 Å². The van der Waals surface area contributed by atoms with Gasteiger partial charge in [0, 0.05) is 26.7 Å². The number of nitrogens with zero attached hydrogens (tertiary/aromatic N) is 1. The second-order valence-corrected chi connectivity index (χ2v) is 5.76. The molecule has 1 aliphatic heterocycles. The van der Waals surface area contributed by atoms with Crippen molar-refractivity contribution in [1.82, 2.24) is 4.90 Å². The molecule has 3 rings (SSSR count). The van der Waals surface area contributed by atoms with Crippen LogP contribution in [0.25, 0.3) is 0 Å². The Morgan fingerprint density at radius 1 is 1.35 bits per heavy atom. The van der Waals surface area contributed by atoms with Crippen LogP contribution in [-0.2, 0) is 0 Å². The molecule has 5 nitrogen and oxygen atoms in total. The van der Waals surface area contributed by atoms with E-state index < -0.39 is 0 Å². The van der Waals surface area contributed by atoms with Crippen LogP contribution in [0.15, 0.2) is 18.2 Å². The number of hydrogen-bond acceptors (Lipinski definition) is 4. The molecule has 1 aromatic carbocycles. The van der Waals surface area contributed by atoms with Crippen LogP contribution < -0.4 is 10.6 Å². The van der Waals surface area contributed by atoms with Crippen LogP contribution in [0.1, 0.15) is 23.2 Å². The largest absolute Gasteiger partial charge is 0.393 e. The summed E-state index contributed by atoms with van der Waals surface area (Å²) in [6.45, 7) is 2.42. The number of carbonyl (C=O) groups excluding carboxylic acids is 1. The highest BCUT2D eigenvalue weighted by Gasteiger charge is 2.30. The van der Waals surface area contributed by atoms with Gasteiger partial charge in [0.15, 0.2) is 0 Å². The summed E-state index contributed by atoms with van der Waals surface area (Å²) >= 11 is 0. The van der Waals surface area contributed by atoms with Crippen LogP contribution in [0.4, 0.5) is 11.4 Å². The highest BCUT2D eigenvalue weighted by atomic mass is 16.3. The molecule has 1 heterocycles. The predicted octanol–water partition coefficient (Wildman–Crippen LogP) is 1.37. The monoisotopic (exact) mass is 275 g/mol. The van der Waals surface area contributed by atoms with Gasteiger partial charge in [-0.25, -0.2) is 0 Å². The van der Waals surface area contributed by atoms with Gasteiger partial charge in [-0.3, -0.25) is 4.79 Å². The van der Waals surface area contributed by atoms with Gasteiger partial charge in [-0.2, -0.15) is 0 Å². The molecule has 5 heteroatoms. The molecule has 1 aromatic rings. The van der Waals surface area contributed by atoms with Gasteiger partial charge in [0.2, 0.25) is 0 Å². The van der Waals surface area contributed by atoms with Gasteiger partial charge >= 0.3 is 0 Å². The molecule has 1 aliphatic carbocycles. The molecule has 0 atom stereocenters. The second kappa shape index (κ2) is 5.32. The van der Waals surface area contributed by atoms with Gasteiger partial charge < -0.3 is 20.6 Å². The first-order valence-electron chi connectivity index (χ1n) is 7.19. The Kier molecular flexibility index (Phi) is 3.53. The molecule has 1 amide bonds. The maximum Gasteiger partial charge on any atom is 0.255 e.